The second kappa shape index (κ2) is 8.76. The number of halogens is 1. The van der Waals surface area contributed by atoms with Crippen molar-refractivity contribution in [3.8, 4) is 5.75 Å². The van der Waals surface area contributed by atoms with Crippen LogP contribution in [0.5, 0.6) is 5.75 Å². The van der Waals surface area contributed by atoms with Gasteiger partial charge in [-0.05, 0) is 31.5 Å². The highest BCUT2D eigenvalue weighted by Gasteiger charge is 2.21. The molecule has 0 aliphatic heterocycles. The predicted octanol–water partition coefficient (Wildman–Crippen LogP) is 4.09. The van der Waals surface area contributed by atoms with Gasteiger partial charge in [0, 0.05) is 10.5 Å². The van der Waals surface area contributed by atoms with Gasteiger partial charge in [-0.1, -0.05) is 48.5 Å². The van der Waals surface area contributed by atoms with Gasteiger partial charge in [0.05, 0.1) is 7.11 Å². The molecule has 1 aromatic carbocycles. The van der Waals surface area contributed by atoms with Gasteiger partial charge in [0.2, 0.25) is 10.0 Å². The Hall–Kier alpha value is -0.590. The van der Waals surface area contributed by atoms with Crippen LogP contribution >= 0.6 is 15.9 Å². The maximum atomic E-state index is 12.5. The van der Waals surface area contributed by atoms with Crippen LogP contribution in [-0.2, 0) is 10.0 Å². The maximum Gasteiger partial charge on any atom is 0.244 e. The number of hydrogen-bond acceptors (Lipinski definition) is 3. The first-order chi connectivity index (χ1) is 9.90. The Kier molecular flexibility index (Phi) is 7.70. The average molecular weight is 378 g/mol. The van der Waals surface area contributed by atoms with Crippen molar-refractivity contribution in [3.63, 3.8) is 0 Å². The lowest BCUT2D eigenvalue weighted by Gasteiger charge is -2.16. The summed E-state index contributed by atoms with van der Waals surface area (Å²) < 4.78 is 33.5. The van der Waals surface area contributed by atoms with Crippen LogP contribution in [0.1, 0.15) is 46.0 Å². The fourth-order valence-corrected chi connectivity index (χ4v) is 4.11. The molecule has 0 aromatic heterocycles. The summed E-state index contributed by atoms with van der Waals surface area (Å²) in [5.74, 6) is 0.351. The van der Waals surface area contributed by atoms with Crippen LogP contribution < -0.4 is 9.46 Å². The normalized spacial score (nSPS) is 13.1. The number of unbranched alkanes of at least 4 members (excludes halogenated alkanes) is 3. The van der Waals surface area contributed by atoms with Crippen molar-refractivity contribution in [2.75, 3.05) is 7.11 Å². The number of nitrogens with one attached hydrogen (secondary N) is 1. The monoisotopic (exact) mass is 377 g/mol. The van der Waals surface area contributed by atoms with Crippen molar-refractivity contribution in [1.82, 2.24) is 4.72 Å². The lowest BCUT2D eigenvalue weighted by Crippen LogP contribution is -2.32. The van der Waals surface area contributed by atoms with Crippen LogP contribution in [0, 0.1) is 0 Å². The third-order valence-electron chi connectivity index (χ3n) is 3.26. The molecule has 0 saturated heterocycles. The van der Waals surface area contributed by atoms with Gasteiger partial charge >= 0.3 is 0 Å². The summed E-state index contributed by atoms with van der Waals surface area (Å²) >= 11 is 3.30. The number of ether oxygens (including phenoxy) is 1. The molecule has 0 aliphatic carbocycles. The molecule has 4 nitrogen and oxygen atoms in total. The van der Waals surface area contributed by atoms with Crippen LogP contribution in [0.3, 0.4) is 0 Å². The Labute approximate surface area is 136 Å². The molecule has 1 aromatic rings. The third-order valence-corrected chi connectivity index (χ3v) is 5.37. The highest BCUT2D eigenvalue weighted by Crippen LogP contribution is 2.27. The Morgan fingerprint density at radius 2 is 2.00 bits per heavy atom. The highest BCUT2D eigenvalue weighted by molar-refractivity contribution is 9.10. The summed E-state index contributed by atoms with van der Waals surface area (Å²) in [6.07, 6.45) is 5.39. The van der Waals surface area contributed by atoms with Crippen LogP contribution in [0.4, 0.5) is 0 Å². The van der Waals surface area contributed by atoms with Crippen molar-refractivity contribution < 1.29 is 13.2 Å². The van der Waals surface area contributed by atoms with E-state index < -0.39 is 10.0 Å². The summed E-state index contributed by atoms with van der Waals surface area (Å²) in [6.45, 7) is 4.06. The first-order valence-electron chi connectivity index (χ1n) is 7.26. The summed E-state index contributed by atoms with van der Waals surface area (Å²) in [4.78, 5) is 0.166. The third kappa shape index (κ3) is 5.96. The second-order valence-corrected chi connectivity index (χ2v) is 7.76. The SMILES string of the molecule is CCCCCCC(C)NS(=O)(=O)c1cc(Br)ccc1OC. The molecule has 1 unspecified atom stereocenters. The minimum Gasteiger partial charge on any atom is -0.495 e. The summed E-state index contributed by atoms with van der Waals surface area (Å²) in [7, 11) is -2.10. The van der Waals surface area contributed by atoms with Crippen molar-refractivity contribution in [2.24, 2.45) is 0 Å². The number of sulfonamides is 1. The zero-order chi connectivity index (χ0) is 15.9. The molecule has 0 radical (unpaired) electrons. The molecule has 1 rings (SSSR count). The fraction of sp³-hybridized carbons (Fsp3) is 0.600. The Balaban J connectivity index is 2.75. The topological polar surface area (TPSA) is 55.4 Å². The largest absolute Gasteiger partial charge is 0.495 e. The van der Waals surface area contributed by atoms with Gasteiger partial charge in [0.15, 0.2) is 0 Å². The molecule has 21 heavy (non-hydrogen) atoms. The van der Waals surface area contributed by atoms with Gasteiger partial charge in [0.25, 0.3) is 0 Å². The molecule has 0 aliphatic rings. The zero-order valence-electron chi connectivity index (χ0n) is 12.9. The predicted molar refractivity (Wildman–Crippen MR) is 89.2 cm³/mol. The quantitative estimate of drug-likeness (QED) is 0.659. The van der Waals surface area contributed by atoms with E-state index in [9.17, 15) is 8.42 Å². The van der Waals surface area contributed by atoms with E-state index in [0.717, 1.165) is 19.3 Å². The Morgan fingerprint density at radius 1 is 1.29 bits per heavy atom. The highest BCUT2D eigenvalue weighted by atomic mass is 79.9. The summed E-state index contributed by atoms with van der Waals surface area (Å²) in [5, 5.41) is 0. The molecule has 0 bridgehead atoms. The number of methoxy groups -OCH3 is 1. The summed E-state index contributed by atoms with van der Waals surface area (Å²) in [5.41, 5.74) is 0. The molecular weight excluding hydrogens is 354 g/mol. The van der Waals surface area contributed by atoms with Gasteiger partial charge < -0.3 is 4.74 Å². The van der Waals surface area contributed by atoms with Crippen LogP contribution in [0.2, 0.25) is 0 Å². The Morgan fingerprint density at radius 3 is 2.62 bits per heavy atom. The molecular formula is C15H24BrNO3S. The van der Waals surface area contributed by atoms with Crippen molar-refractivity contribution in [3.05, 3.63) is 22.7 Å². The lowest BCUT2D eigenvalue weighted by molar-refractivity contribution is 0.401. The van der Waals surface area contributed by atoms with E-state index in [1.54, 1.807) is 18.2 Å². The molecule has 120 valence electrons. The zero-order valence-corrected chi connectivity index (χ0v) is 15.3. The minimum absolute atomic E-state index is 0.0875. The molecule has 0 amide bonds. The van der Waals surface area contributed by atoms with Gasteiger partial charge in [-0.25, -0.2) is 13.1 Å². The smallest absolute Gasteiger partial charge is 0.244 e. The van der Waals surface area contributed by atoms with Gasteiger partial charge in [-0.3, -0.25) is 0 Å². The van der Waals surface area contributed by atoms with Crippen molar-refractivity contribution in [1.29, 1.82) is 0 Å². The van der Waals surface area contributed by atoms with E-state index in [2.05, 4.69) is 27.6 Å². The van der Waals surface area contributed by atoms with Crippen LogP contribution in [0.15, 0.2) is 27.6 Å². The molecule has 0 heterocycles. The molecule has 0 saturated carbocycles. The molecule has 1 N–H and O–H groups in total. The van der Waals surface area contributed by atoms with Gasteiger partial charge in [0.1, 0.15) is 10.6 Å². The van der Waals surface area contributed by atoms with E-state index in [-0.39, 0.29) is 10.9 Å². The van der Waals surface area contributed by atoms with Gasteiger partial charge in [-0.15, -0.1) is 0 Å². The van der Waals surface area contributed by atoms with E-state index in [1.165, 1.54) is 20.0 Å². The van der Waals surface area contributed by atoms with Crippen LogP contribution in [-0.4, -0.2) is 21.6 Å². The van der Waals surface area contributed by atoms with E-state index in [4.69, 9.17) is 4.74 Å². The molecule has 6 heteroatoms. The van der Waals surface area contributed by atoms with E-state index in [0.29, 0.717) is 10.2 Å². The number of hydrogen-bond donors (Lipinski definition) is 1. The maximum absolute atomic E-state index is 12.5. The van der Waals surface area contributed by atoms with E-state index in [1.807, 2.05) is 6.92 Å². The molecule has 0 spiro atoms. The number of rotatable bonds is 9. The van der Waals surface area contributed by atoms with Crippen molar-refractivity contribution >= 4 is 26.0 Å². The minimum atomic E-state index is -3.57. The summed E-state index contributed by atoms with van der Waals surface area (Å²) in [6, 6.07) is 4.87. The number of benzene rings is 1. The second-order valence-electron chi connectivity index (χ2n) is 5.17. The van der Waals surface area contributed by atoms with Gasteiger partial charge in [-0.2, -0.15) is 0 Å². The standard InChI is InChI=1S/C15H24BrNO3S/c1-4-5-6-7-8-12(2)17-21(18,19)15-11-13(16)9-10-14(15)20-3/h9-12,17H,4-8H2,1-3H3. The van der Waals surface area contributed by atoms with E-state index >= 15 is 0 Å². The average Bonchev–Trinajstić information content (AvgIpc) is 2.43. The lowest BCUT2D eigenvalue weighted by atomic mass is 10.1. The van der Waals surface area contributed by atoms with Crippen molar-refractivity contribution in [2.45, 2.75) is 56.9 Å². The molecule has 1 atom stereocenters. The molecule has 0 fully saturated rings. The Bertz CT molecular complexity index is 546. The first kappa shape index (κ1) is 18.5. The first-order valence-corrected chi connectivity index (χ1v) is 9.54. The van der Waals surface area contributed by atoms with Crippen LogP contribution in [0.25, 0.3) is 0 Å². The fourth-order valence-electron chi connectivity index (χ4n) is 2.13.